The summed E-state index contributed by atoms with van der Waals surface area (Å²) in [6.07, 6.45) is 5.53. The molecule has 0 aromatic carbocycles. The van der Waals surface area contributed by atoms with Crippen molar-refractivity contribution < 1.29 is 4.79 Å². The van der Waals surface area contributed by atoms with Gasteiger partial charge in [0.2, 0.25) is 0 Å². The Hall–Kier alpha value is -0.370. The summed E-state index contributed by atoms with van der Waals surface area (Å²) in [6.45, 7) is 4.23. The zero-order chi connectivity index (χ0) is 9.47. The number of hydrogen-bond donors (Lipinski definition) is 1. The van der Waals surface area contributed by atoms with Crippen molar-refractivity contribution in [3.63, 3.8) is 0 Å². The third-order valence-corrected chi connectivity index (χ3v) is 3.02. The van der Waals surface area contributed by atoms with Gasteiger partial charge in [-0.25, -0.2) is 0 Å². The van der Waals surface area contributed by atoms with Gasteiger partial charge in [0.1, 0.15) is 0 Å². The largest absolute Gasteiger partial charge is 0.303 e. The van der Waals surface area contributed by atoms with E-state index in [4.69, 9.17) is 0 Å². The second-order valence-corrected chi connectivity index (χ2v) is 4.95. The summed E-state index contributed by atoms with van der Waals surface area (Å²) < 4.78 is 0. The number of rotatable bonds is 5. The Balaban J connectivity index is 1.86. The van der Waals surface area contributed by atoms with Gasteiger partial charge >= 0.3 is 0 Å². The van der Waals surface area contributed by atoms with E-state index >= 15 is 0 Å². The number of carbonyl (C=O) groups excluding carboxylic acids is 1. The molecular weight excluding hydrogens is 162 g/mol. The van der Waals surface area contributed by atoms with E-state index in [-0.39, 0.29) is 5.54 Å². The quantitative estimate of drug-likeness (QED) is 0.701. The highest BCUT2D eigenvalue weighted by Crippen LogP contribution is 2.42. The Bertz CT molecular complexity index is 214. The normalized spacial score (nSPS) is 24.8. The molecule has 2 aliphatic carbocycles. The maximum Gasteiger partial charge on any atom is 0.153 e. The van der Waals surface area contributed by atoms with Gasteiger partial charge in [0.25, 0.3) is 0 Å². The second kappa shape index (κ2) is 3.09. The molecule has 0 unspecified atom stereocenters. The van der Waals surface area contributed by atoms with E-state index in [1.807, 2.05) is 0 Å². The number of Topliss-reactive ketones (excluding diaryl/α,β-unsaturated/α-hetero) is 1. The first kappa shape index (κ1) is 9.20. The van der Waals surface area contributed by atoms with Gasteiger partial charge in [-0.3, -0.25) is 4.79 Å². The molecule has 0 aromatic rings. The smallest absolute Gasteiger partial charge is 0.153 e. The minimum atomic E-state index is -0.0866. The topological polar surface area (TPSA) is 29.1 Å². The minimum absolute atomic E-state index is 0.0866. The van der Waals surface area contributed by atoms with Crippen LogP contribution in [0.15, 0.2) is 0 Å². The summed E-state index contributed by atoms with van der Waals surface area (Å²) in [4.78, 5) is 11.9. The third kappa shape index (κ3) is 2.11. The molecule has 2 heteroatoms. The van der Waals surface area contributed by atoms with E-state index in [9.17, 15) is 4.79 Å². The molecule has 0 spiro atoms. The summed E-state index contributed by atoms with van der Waals surface area (Å²) >= 11 is 0. The van der Waals surface area contributed by atoms with Crippen LogP contribution in [0, 0.1) is 5.92 Å². The molecule has 2 saturated carbocycles. The van der Waals surface area contributed by atoms with E-state index in [1.54, 1.807) is 0 Å². The minimum Gasteiger partial charge on any atom is -0.303 e. The molecule has 0 radical (unpaired) electrons. The van der Waals surface area contributed by atoms with Crippen LogP contribution < -0.4 is 5.32 Å². The molecule has 2 aliphatic rings. The molecule has 13 heavy (non-hydrogen) atoms. The van der Waals surface area contributed by atoms with Crippen LogP contribution in [-0.2, 0) is 4.79 Å². The van der Waals surface area contributed by atoms with Crippen LogP contribution in [0.4, 0.5) is 0 Å². The van der Waals surface area contributed by atoms with Gasteiger partial charge < -0.3 is 5.32 Å². The lowest BCUT2D eigenvalue weighted by Crippen LogP contribution is -2.43. The van der Waals surface area contributed by atoms with E-state index < -0.39 is 0 Å². The van der Waals surface area contributed by atoms with E-state index in [0.29, 0.717) is 11.8 Å². The molecule has 0 amide bonds. The lowest BCUT2D eigenvalue weighted by atomic mass is 10.0. The number of hydrogen-bond acceptors (Lipinski definition) is 2. The van der Waals surface area contributed by atoms with E-state index in [1.165, 1.54) is 12.8 Å². The molecule has 0 heterocycles. The lowest BCUT2D eigenvalue weighted by Gasteiger charge is -2.18. The molecule has 2 rings (SSSR count). The molecule has 0 aliphatic heterocycles. The predicted octanol–water partition coefficient (Wildman–Crippen LogP) is 1.89. The maximum absolute atomic E-state index is 11.9. The fourth-order valence-electron chi connectivity index (χ4n) is 1.96. The number of nitrogens with one attached hydrogen (secondary N) is 1. The molecule has 1 N–H and O–H groups in total. The Kier molecular flexibility index (Phi) is 2.18. The average molecular weight is 181 g/mol. The fourth-order valence-corrected chi connectivity index (χ4v) is 1.96. The Labute approximate surface area is 80.1 Å². The first-order chi connectivity index (χ1) is 6.12. The van der Waals surface area contributed by atoms with Crippen LogP contribution in [0.2, 0.25) is 0 Å². The molecule has 0 atom stereocenters. The number of ketones is 1. The highest BCUT2D eigenvalue weighted by atomic mass is 16.1. The van der Waals surface area contributed by atoms with Gasteiger partial charge in [0.05, 0.1) is 5.54 Å². The SMILES string of the molecule is CC(C)NC1(C(=O)CC2CC2)CC1. The molecule has 2 nitrogen and oxygen atoms in total. The fraction of sp³-hybridized carbons (Fsp3) is 0.909. The van der Waals surface area contributed by atoms with E-state index in [0.717, 1.165) is 25.2 Å². The van der Waals surface area contributed by atoms with Gasteiger partial charge in [0.15, 0.2) is 5.78 Å². The van der Waals surface area contributed by atoms with Crippen molar-refractivity contribution in [2.75, 3.05) is 0 Å². The highest BCUT2D eigenvalue weighted by molar-refractivity contribution is 5.91. The van der Waals surface area contributed by atoms with Crippen LogP contribution in [-0.4, -0.2) is 17.4 Å². The zero-order valence-electron chi connectivity index (χ0n) is 8.60. The van der Waals surface area contributed by atoms with Crippen molar-refractivity contribution in [3.05, 3.63) is 0 Å². The predicted molar refractivity (Wildman–Crippen MR) is 52.6 cm³/mol. The molecular formula is C11H19NO. The van der Waals surface area contributed by atoms with Crippen molar-refractivity contribution in [2.24, 2.45) is 5.92 Å². The van der Waals surface area contributed by atoms with E-state index in [2.05, 4.69) is 19.2 Å². The summed E-state index contributed by atoms with van der Waals surface area (Å²) in [5.74, 6) is 1.21. The Morgan fingerprint density at radius 2 is 2.08 bits per heavy atom. The van der Waals surface area contributed by atoms with Gasteiger partial charge in [0, 0.05) is 12.5 Å². The Morgan fingerprint density at radius 1 is 1.46 bits per heavy atom. The summed E-state index contributed by atoms with van der Waals surface area (Å²) in [5.41, 5.74) is -0.0866. The van der Waals surface area contributed by atoms with Crippen molar-refractivity contribution in [3.8, 4) is 0 Å². The van der Waals surface area contributed by atoms with Crippen molar-refractivity contribution in [1.82, 2.24) is 5.32 Å². The van der Waals surface area contributed by atoms with Gasteiger partial charge in [-0.1, -0.05) is 0 Å². The van der Waals surface area contributed by atoms with Crippen LogP contribution in [0.3, 0.4) is 0 Å². The molecule has 0 saturated heterocycles. The van der Waals surface area contributed by atoms with Crippen LogP contribution in [0.1, 0.15) is 46.0 Å². The van der Waals surface area contributed by atoms with Crippen LogP contribution in [0.5, 0.6) is 0 Å². The molecule has 0 aromatic heterocycles. The van der Waals surface area contributed by atoms with Crippen LogP contribution in [0.25, 0.3) is 0 Å². The van der Waals surface area contributed by atoms with Crippen molar-refractivity contribution in [2.45, 2.75) is 57.5 Å². The first-order valence-electron chi connectivity index (χ1n) is 5.43. The molecule has 2 fully saturated rings. The lowest BCUT2D eigenvalue weighted by molar-refractivity contribution is -0.122. The molecule has 74 valence electrons. The second-order valence-electron chi connectivity index (χ2n) is 4.95. The van der Waals surface area contributed by atoms with Crippen LogP contribution >= 0.6 is 0 Å². The highest BCUT2D eigenvalue weighted by Gasteiger charge is 2.50. The van der Waals surface area contributed by atoms with Gasteiger partial charge in [-0.05, 0) is 45.4 Å². The summed E-state index contributed by atoms with van der Waals surface area (Å²) in [5, 5.41) is 3.41. The standard InChI is InChI=1S/C11H19NO/c1-8(2)12-11(5-6-11)10(13)7-9-3-4-9/h8-9,12H,3-7H2,1-2H3. The third-order valence-electron chi connectivity index (χ3n) is 3.02. The van der Waals surface area contributed by atoms with Gasteiger partial charge in [-0.2, -0.15) is 0 Å². The monoisotopic (exact) mass is 181 g/mol. The Morgan fingerprint density at radius 3 is 2.46 bits per heavy atom. The first-order valence-corrected chi connectivity index (χ1v) is 5.43. The van der Waals surface area contributed by atoms with Gasteiger partial charge in [-0.15, -0.1) is 0 Å². The average Bonchev–Trinajstić information content (AvgIpc) is 2.81. The van der Waals surface area contributed by atoms with Crippen molar-refractivity contribution in [1.29, 1.82) is 0 Å². The zero-order valence-corrected chi connectivity index (χ0v) is 8.60. The molecule has 0 bridgehead atoms. The maximum atomic E-state index is 11.9. The summed E-state index contributed by atoms with van der Waals surface area (Å²) in [7, 11) is 0. The van der Waals surface area contributed by atoms with Crippen molar-refractivity contribution >= 4 is 5.78 Å². The summed E-state index contributed by atoms with van der Waals surface area (Å²) in [6, 6.07) is 0.436. The number of carbonyl (C=O) groups is 1.